The Morgan fingerprint density at radius 1 is 1.00 bits per heavy atom. The third kappa shape index (κ3) is 4.16. The summed E-state index contributed by atoms with van der Waals surface area (Å²) in [5, 5.41) is 1.11. The first-order valence-corrected chi connectivity index (χ1v) is 11.7. The van der Waals surface area contributed by atoms with E-state index in [1.807, 2.05) is 48.5 Å². The van der Waals surface area contributed by atoms with Crippen LogP contribution in [0.5, 0.6) is 5.75 Å². The van der Waals surface area contributed by atoms with Gasteiger partial charge in [0.2, 0.25) is 0 Å². The summed E-state index contributed by atoms with van der Waals surface area (Å²) in [4.78, 5) is 17.2. The number of fused-ring (bicyclic) bond motifs is 1. The molecule has 1 saturated carbocycles. The third-order valence-corrected chi connectivity index (χ3v) is 7.38. The van der Waals surface area contributed by atoms with Crippen LogP contribution in [0.15, 0.2) is 84.9 Å². The highest BCUT2D eigenvalue weighted by Crippen LogP contribution is 2.49. The molecule has 5 rings (SSSR count). The second kappa shape index (κ2) is 8.82. The Kier molecular flexibility index (Phi) is 5.72. The smallest absolute Gasteiger partial charge is 0.136 e. The lowest BCUT2D eigenvalue weighted by atomic mass is 9.56. The molecule has 166 valence electrons. The van der Waals surface area contributed by atoms with Gasteiger partial charge in [0.15, 0.2) is 0 Å². The molecule has 3 aromatic carbocycles. The Morgan fingerprint density at radius 2 is 1.73 bits per heavy atom. The van der Waals surface area contributed by atoms with Crippen molar-refractivity contribution in [2.75, 3.05) is 0 Å². The van der Waals surface area contributed by atoms with E-state index in [9.17, 15) is 4.79 Å². The fourth-order valence-corrected chi connectivity index (χ4v) is 5.04. The van der Waals surface area contributed by atoms with Crippen molar-refractivity contribution >= 4 is 16.7 Å². The molecule has 0 bridgehead atoms. The number of ketones is 1. The molecule has 1 aromatic heterocycles. The van der Waals surface area contributed by atoms with Gasteiger partial charge in [0.1, 0.15) is 18.1 Å². The molecular weight excluding hydrogens is 406 g/mol. The van der Waals surface area contributed by atoms with Crippen LogP contribution in [0.25, 0.3) is 22.2 Å². The average Bonchev–Trinajstić information content (AvgIpc) is 2.85. The first kappa shape index (κ1) is 21.4. The van der Waals surface area contributed by atoms with E-state index in [1.54, 1.807) is 6.92 Å². The highest BCUT2D eigenvalue weighted by molar-refractivity contribution is 5.85. The third-order valence-electron chi connectivity index (χ3n) is 7.38. The Morgan fingerprint density at radius 3 is 2.39 bits per heavy atom. The zero-order valence-corrected chi connectivity index (χ0v) is 19.3. The molecule has 1 aliphatic carbocycles. The fraction of sp³-hybridized carbons (Fsp3) is 0.267. The largest absolute Gasteiger partial charge is 0.489 e. The minimum atomic E-state index is -0.174. The zero-order valence-electron chi connectivity index (χ0n) is 19.3. The molecule has 1 heterocycles. The number of benzene rings is 3. The van der Waals surface area contributed by atoms with E-state index in [0.29, 0.717) is 18.3 Å². The van der Waals surface area contributed by atoms with Gasteiger partial charge in [-0.3, -0.25) is 4.79 Å². The van der Waals surface area contributed by atoms with Crippen LogP contribution in [-0.2, 0) is 17.8 Å². The maximum atomic E-state index is 12.3. The van der Waals surface area contributed by atoms with Crippen LogP contribution >= 0.6 is 0 Å². The lowest BCUT2D eigenvalue weighted by Crippen LogP contribution is -2.46. The second-order valence-corrected chi connectivity index (χ2v) is 9.31. The van der Waals surface area contributed by atoms with E-state index in [0.717, 1.165) is 52.7 Å². The number of carbonyl (C=O) groups is 1. The molecule has 0 radical (unpaired) electrons. The summed E-state index contributed by atoms with van der Waals surface area (Å²) in [6.45, 7) is 4.41. The van der Waals surface area contributed by atoms with Gasteiger partial charge in [0.25, 0.3) is 0 Å². The van der Waals surface area contributed by atoms with Gasteiger partial charge in [-0.2, -0.15) is 0 Å². The van der Waals surface area contributed by atoms with Gasteiger partial charge in [-0.25, -0.2) is 4.98 Å². The maximum Gasteiger partial charge on any atom is 0.136 e. The number of aromatic nitrogens is 1. The molecule has 0 N–H and O–H groups in total. The summed E-state index contributed by atoms with van der Waals surface area (Å²) in [7, 11) is 0. The molecule has 2 atom stereocenters. The summed E-state index contributed by atoms with van der Waals surface area (Å²) in [5.41, 5.74) is 5.15. The number of hydrogen-bond acceptors (Lipinski definition) is 3. The molecule has 33 heavy (non-hydrogen) atoms. The Hall–Kier alpha value is -3.46. The summed E-state index contributed by atoms with van der Waals surface area (Å²) < 4.78 is 6.19. The fourth-order valence-electron chi connectivity index (χ4n) is 5.04. The number of para-hydroxylation sites is 1. The number of rotatable bonds is 7. The molecule has 1 aliphatic rings. The van der Waals surface area contributed by atoms with Crippen molar-refractivity contribution in [1.29, 1.82) is 0 Å². The Bertz CT molecular complexity index is 1280. The van der Waals surface area contributed by atoms with Gasteiger partial charge in [-0.05, 0) is 61.9 Å². The highest BCUT2D eigenvalue weighted by atomic mass is 16.5. The van der Waals surface area contributed by atoms with Gasteiger partial charge in [0.05, 0.1) is 11.2 Å². The molecule has 0 saturated heterocycles. The number of carbonyl (C=O) groups excluding carboxylic acids is 1. The monoisotopic (exact) mass is 435 g/mol. The molecule has 1 fully saturated rings. The summed E-state index contributed by atoms with van der Waals surface area (Å²) in [5.74, 6) is 1.62. The first-order chi connectivity index (χ1) is 16.0. The van der Waals surface area contributed by atoms with Gasteiger partial charge >= 0.3 is 0 Å². The van der Waals surface area contributed by atoms with Crippen LogP contribution in [0.3, 0.4) is 0 Å². The zero-order chi connectivity index (χ0) is 22.8. The lowest BCUT2D eigenvalue weighted by Gasteiger charge is -2.46. The standard InChI is InChI=1S/C30H29NO2/c1-21-16-17-30(21,22(2)32)19-23-12-14-26(15-13-23)33-20-25-18-29(24-8-4-3-5-9-24)31-28-11-7-6-10-27(25)28/h3-15,18,21H,16-17,19-20H2,1-2H3/t21-,30-/m1/s1. The number of nitrogens with zero attached hydrogens (tertiary/aromatic N) is 1. The predicted octanol–water partition coefficient (Wildman–Crippen LogP) is 7.03. The molecule has 0 unspecified atom stereocenters. The average molecular weight is 436 g/mol. The maximum absolute atomic E-state index is 12.3. The molecule has 0 spiro atoms. The highest BCUT2D eigenvalue weighted by Gasteiger charge is 2.47. The van der Waals surface area contributed by atoms with Crippen molar-refractivity contribution in [3.8, 4) is 17.0 Å². The quantitative estimate of drug-likeness (QED) is 0.313. The molecular formula is C30H29NO2. The number of ether oxygens (including phenoxy) is 1. The summed E-state index contributed by atoms with van der Waals surface area (Å²) in [6, 6.07) is 28.8. The number of pyridine rings is 1. The molecule has 4 aromatic rings. The molecule has 0 amide bonds. The number of Topliss-reactive ketones (excluding diaryl/α,β-unsaturated/α-hetero) is 1. The summed E-state index contributed by atoms with van der Waals surface area (Å²) >= 11 is 0. The van der Waals surface area contributed by atoms with E-state index in [1.165, 1.54) is 5.56 Å². The Balaban J connectivity index is 1.35. The molecule has 0 aliphatic heterocycles. The van der Waals surface area contributed by atoms with E-state index < -0.39 is 0 Å². The van der Waals surface area contributed by atoms with Crippen LogP contribution in [0, 0.1) is 11.3 Å². The van der Waals surface area contributed by atoms with Crippen molar-refractivity contribution in [2.24, 2.45) is 11.3 Å². The van der Waals surface area contributed by atoms with Crippen molar-refractivity contribution < 1.29 is 9.53 Å². The Labute approximate surface area is 195 Å². The second-order valence-electron chi connectivity index (χ2n) is 9.31. The van der Waals surface area contributed by atoms with Crippen LogP contribution in [0.1, 0.15) is 37.8 Å². The van der Waals surface area contributed by atoms with Crippen molar-refractivity contribution in [2.45, 2.75) is 39.7 Å². The SMILES string of the molecule is CC(=O)[C@@]1(Cc2ccc(OCc3cc(-c4ccccc4)nc4ccccc34)cc2)CC[C@H]1C. The van der Waals surface area contributed by atoms with E-state index in [-0.39, 0.29) is 5.41 Å². The molecule has 3 heteroatoms. The lowest BCUT2D eigenvalue weighted by molar-refractivity contribution is -0.136. The van der Waals surface area contributed by atoms with Crippen LogP contribution in [0.4, 0.5) is 0 Å². The van der Waals surface area contributed by atoms with Gasteiger partial charge < -0.3 is 4.74 Å². The van der Waals surface area contributed by atoms with Gasteiger partial charge in [0, 0.05) is 21.9 Å². The van der Waals surface area contributed by atoms with Crippen molar-refractivity contribution in [1.82, 2.24) is 4.98 Å². The van der Waals surface area contributed by atoms with Crippen molar-refractivity contribution in [3.05, 3.63) is 96.1 Å². The van der Waals surface area contributed by atoms with Crippen LogP contribution < -0.4 is 4.74 Å². The van der Waals surface area contributed by atoms with Gasteiger partial charge in [-0.1, -0.05) is 67.6 Å². The van der Waals surface area contributed by atoms with E-state index in [4.69, 9.17) is 9.72 Å². The minimum absolute atomic E-state index is 0.174. The van der Waals surface area contributed by atoms with Crippen molar-refractivity contribution in [3.63, 3.8) is 0 Å². The normalized spacial score (nSPS) is 19.8. The van der Waals surface area contributed by atoms with Crippen LogP contribution in [-0.4, -0.2) is 10.8 Å². The van der Waals surface area contributed by atoms with Crippen LogP contribution in [0.2, 0.25) is 0 Å². The number of hydrogen-bond donors (Lipinski definition) is 0. The topological polar surface area (TPSA) is 39.2 Å². The first-order valence-electron chi connectivity index (χ1n) is 11.7. The van der Waals surface area contributed by atoms with E-state index in [2.05, 4.69) is 43.3 Å². The van der Waals surface area contributed by atoms with E-state index >= 15 is 0 Å². The minimum Gasteiger partial charge on any atom is -0.489 e. The molecule has 3 nitrogen and oxygen atoms in total. The summed E-state index contributed by atoms with van der Waals surface area (Å²) in [6.07, 6.45) is 2.96. The van der Waals surface area contributed by atoms with Gasteiger partial charge in [-0.15, -0.1) is 0 Å². The predicted molar refractivity (Wildman–Crippen MR) is 133 cm³/mol.